The van der Waals surface area contributed by atoms with Crippen LogP contribution in [0.3, 0.4) is 0 Å². The minimum absolute atomic E-state index is 0.160. The third-order valence-corrected chi connectivity index (χ3v) is 5.51. The lowest BCUT2D eigenvalue weighted by molar-refractivity contribution is -0.127. The van der Waals surface area contributed by atoms with Gasteiger partial charge in [-0.25, -0.2) is 13.4 Å². The molecule has 0 N–H and O–H groups in total. The van der Waals surface area contributed by atoms with Crippen molar-refractivity contribution < 1.29 is 13.2 Å². The van der Waals surface area contributed by atoms with Crippen molar-refractivity contribution in [2.24, 2.45) is 5.10 Å². The van der Waals surface area contributed by atoms with Gasteiger partial charge in [0.1, 0.15) is 5.75 Å². The first kappa shape index (κ1) is 16.4. The van der Waals surface area contributed by atoms with E-state index < -0.39 is 21.5 Å². The summed E-state index contributed by atoms with van der Waals surface area (Å²) in [6.45, 7) is 2.29. The van der Waals surface area contributed by atoms with Gasteiger partial charge in [0.2, 0.25) is 0 Å². The Morgan fingerprint density at radius 2 is 1.75 bits per heavy atom. The maximum Gasteiger partial charge on any atom is 0.258 e. The third kappa shape index (κ3) is 3.54. The minimum atomic E-state index is -3.66. The topological polar surface area (TPSA) is 66.8 Å². The van der Waals surface area contributed by atoms with E-state index >= 15 is 0 Å². The van der Waals surface area contributed by atoms with Crippen LogP contribution in [-0.4, -0.2) is 37.3 Å². The average Bonchev–Trinajstić information content (AvgIpc) is 3.06. The molecule has 124 valence electrons. The van der Waals surface area contributed by atoms with Crippen LogP contribution in [0, 0.1) is 6.92 Å². The molecule has 0 aliphatic carbocycles. The number of amides is 1. The summed E-state index contributed by atoms with van der Waals surface area (Å²) >= 11 is 0. The van der Waals surface area contributed by atoms with Gasteiger partial charge in [-0.15, -0.1) is 0 Å². The summed E-state index contributed by atoms with van der Waals surface area (Å²) in [6, 6.07) is 16.1. The molecule has 0 radical (unpaired) electrons. The monoisotopic (exact) mass is 342 g/mol. The Kier molecular flexibility index (Phi) is 4.49. The average molecular weight is 342 g/mol. The Morgan fingerprint density at radius 1 is 1.08 bits per heavy atom. The molecule has 1 aliphatic rings. The van der Waals surface area contributed by atoms with E-state index in [9.17, 15) is 13.2 Å². The largest absolute Gasteiger partial charge is 0.272 e. The van der Waals surface area contributed by atoms with E-state index in [2.05, 4.69) is 5.10 Å². The molecule has 0 spiro atoms. The fourth-order valence-corrected chi connectivity index (χ4v) is 3.73. The van der Waals surface area contributed by atoms with Crippen molar-refractivity contribution in [3.8, 4) is 0 Å². The normalized spacial score (nSPS) is 14.5. The number of aryl methyl sites for hydroxylation is 1. The van der Waals surface area contributed by atoms with Crippen molar-refractivity contribution in [1.29, 1.82) is 0 Å². The van der Waals surface area contributed by atoms with E-state index in [0.29, 0.717) is 13.0 Å². The van der Waals surface area contributed by atoms with Crippen LogP contribution < -0.4 is 0 Å². The second kappa shape index (κ2) is 6.57. The molecule has 3 rings (SSSR count). The van der Waals surface area contributed by atoms with Gasteiger partial charge in [-0.1, -0.05) is 48.0 Å². The molecule has 24 heavy (non-hydrogen) atoms. The molecule has 1 heterocycles. The summed E-state index contributed by atoms with van der Waals surface area (Å²) in [4.78, 5) is 12.5. The summed E-state index contributed by atoms with van der Waals surface area (Å²) in [5, 5.41) is 5.54. The summed E-state index contributed by atoms with van der Waals surface area (Å²) in [5.41, 5.74) is 2.72. The highest BCUT2D eigenvalue weighted by Crippen LogP contribution is 2.17. The summed E-state index contributed by atoms with van der Waals surface area (Å²) < 4.78 is 24.7. The van der Waals surface area contributed by atoms with E-state index in [1.54, 1.807) is 12.1 Å². The van der Waals surface area contributed by atoms with Gasteiger partial charge in [0.25, 0.3) is 5.91 Å². The van der Waals surface area contributed by atoms with Crippen molar-refractivity contribution >= 4 is 21.5 Å². The van der Waals surface area contributed by atoms with Crippen LogP contribution in [-0.2, 0) is 14.6 Å². The maximum absolute atomic E-state index is 12.4. The zero-order valence-electron chi connectivity index (χ0n) is 13.3. The molecular formula is C18H18N2O3S. The second-order valence-electron chi connectivity index (χ2n) is 5.75. The smallest absolute Gasteiger partial charge is 0.258 e. The lowest BCUT2D eigenvalue weighted by Crippen LogP contribution is -2.30. The molecule has 0 unspecified atom stereocenters. The number of hydrazone groups is 1. The molecule has 5 nitrogen and oxygen atoms in total. The Bertz CT molecular complexity index is 872. The van der Waals surface area contributed by atoms with Gasteiger partial charge in [0.05, 0.1) is 17.2 Å². The van der Waals surface area contributed by atoms with Gasteiger partial charge >= 0.3 is 0 Å². The molecule has 0 atom stereocenters. The van der Waals surface area contributed by atoms with Gasteiger partial charge in [-0.3, -0.25) is 4.79 Å². The summed E-state index contributed by atoms with van der Waals surface area (Å²) in [5.74, 6) is -1.07. The van der Waals surface area contributed by atoms with Gasteiger partial charge < -0.3 is 0 Å². The van der Waals surface area contributed by atoms with E-state index in [-0.39, 0.29) is 4.90 Å². The summed E-state index contributed by atoms with van der Waals surface area (Å²) in [7, 11) is -3.66. The first-order valence-corrected chi connectivity index (χ1v) is 9.34. The fourth-order valence-electron chi connectivity index (χ4n) is 2.54. The van der Waals surface area contributed by atoms with Crippen LogP contribution in [0.2, 0.25) is 0 Å². The van der Waals surface area contributed by atoms with Crippen molar-refractivity contribution in [3.05, 3.63) is 65.7 Å². The van der Waals surface area contributed by atoms with Crippen molar-refractivity contribution in [2.75, 3.05) is 12.3 Å². The molecule has 2 aromatic carbocycles. The zero-order chi connectivity index (χ0) is 17.2. The molecule has 1 aliphatic heterocycles. The molecule has 0 saturated heterocycles. The quantitative estimate of drug-likeness (QED) is 0.857. The molecule has 1 amide bonds. The van der Waals surface area contributed by atoms with E-state index in [1.807, 2.05) is 37.3 Å². The van der Waals surface area contributed by atoms with Gasteiger partial charge in [-0.2, -0.15) is 5.10 Å². The molecular weight excluding hydrogens is 324 g/mol. The molecule has 0 bridgehead atoms. The number of benzene rings is 2. The van der Waals surface area contributed by atoms with Crippen LogP contribution in [0.5, 0.6) is 0 Å². The van der Waals surface area contributed by atoms with Gasteiger partial charge in [-0.05, 0) is 24.6 Å². The lowest BCUT2D eigenvalue weighted by atomic mass is 10.1. The fraction of sp³-hybridized carbons (Fsp3) is 0.222. The predicted molar refractivity (Wildman–Crippen MR) is 92.5 cm³/mol. The van der Waals surface area contributed by atoms with Crippen LogP contribution in [0.4, 0.5) is 0 Å². The minimum Gasteiger partial charge on any atom is -0.272 e. The highest BCUT2D eigenvalue weighted by molar-refractivity contribution is 7.92. The summed E-state index contributed by atoms with van der Waals surface area (Å²) in [6.07, 6.45) is 0.625. The van der Waals surface area contributed by atoms with Crippen molar-refractivity contribution in [3.63, 3.8) is 0 Å². The highest BCUT2D eigenvalue weighted by Gasteiger charge is 2.27. The van der Waals surface area contributed by atoms with Crippen molar-refractivity contribution in [1.82, 2.24) is 5.01 Å². The number of hydrogen-bond acceptors (Lipinski definition) is 4. The number of carbonyl (C=O) groups is 1. The Hall–Kier alpha value is -2.47. The van der Waals surface area contributed by atoms with Crippen LogP contribution in [0.25, 0.3) is 0 Å². The molecule has 0 aromatic heterocycles. The molecule has 6 heteroatoms. The molecule has 0 saturated carbocycles. The van der Waals surface area contributed by atoms with Gasteiger partial charge in [0.15, 0.2) is 9.84 Å². The second-order valence-corrected chi connectivity index (χ2v) is 7.74. The first-order valence-electron chi connectivity index (χ1n) is 7.68. The Balaban J connectivity index is 1.74. The number of nitrogens with zero attached hydrogens (tertiary/aromatic N) is 2. The number of sulfone groups is 1. The van der Waals surface area contributed by atoms with E-state index in [0.717, 1.165) is 16.8 Å². The Labute approximate surface area is 141 Å². The van der Waals surface area contributed by atoms with Gasteiger partial charge in [0, 0.05) is 6.42 Å². The number of carbonyl (C=O) groups excluding carboxylic acids is 1. The first-order chi connectivity index (χ1) is 11.5. The zero-order valence-corrected chi connectivity index (χ0v) is 14.2. The van der Waals surface area contributed by atoms with E-state index in [1.165, 1.54) is 17.1 Å². The predicted octanol–water partition coefficient (Wildman–Crippen LogP) is 2.41. The molecule has 2 aromatic rings. The van der Waals surface area contributed by atoms with Crippen LogP contribution in [0.1, 0.15) is 17.5 Å². The lowest BCUT2D eigenvalue weighted by Gasteiger charge is -2.11. The van der Waals surface area contributed by atoms with Crippen molar-refractivity contribution in [2.45, 2.75) is 18.2 Å². The Morgan fingerprint density at radius 3 is 2.42 bits per heavy atom. The highest BCUT2D eigenvalue weighted by atomic mass is 32.2. The SMILES string of the molecule is Cc1ccc(S(=O)(=O)CC(=O)N2CCC(c3ccccc3)=N2)cc1. The van der Waals surface area contributed by atoms with Crippen LogP contribution in [0.15, 0.2) is 64.6 Å². The van der Waals surface area contributed by atoms with Crippen LogP contribution >= 0.6 is 0 Å². The van der Waals surface area contributed by atoms with E-state index in [4.69, 9.17) is 0 Å². The maximum atomic E-state index is 12.4. The third-order valence-electron chi connectivity index (χ3n) is 3.89. The standard InChI is InChI=1S/C18H18N2O3S/c1-14-7-9-16(10-8-14)24(22,23)13-18(21)20-12-11-17(19-20)15-5-3-2-4-6-15/h2-10H,11-13H2,1H3. The number of rotatable bonds is 4. The molecule has 0 fully saturated rings. The number of hydrogen-bond donors (Lipinski definition) is 0.